The zero-order valence-corrected chi connectivity index (χ0v) is 14.8. The zero-order valence-electron chi connectivity index (χ0n) is 14.8. The fraction of sp³-hybridized carbons (Fsp3) is 0.474. The lowest BCUT2D eigenvalue weighted by Crippen LogP contribution is -2.48. The maximum atomic E-state index is 4.49. The van der Waals surface area contributed by atoms with E-state index < -0.39 is 0 Å². The first-order valence-corrected chi connectivity index (χ1v) is 8.66. The van der Waals surface area contributed by atoms with E-state index >= 15 is 0 Å². The lowest BCUT2D eigenvalue weighted by atomic mass is 9.93. The first-order chi connectivity index (χ1) is 11.7. The van der Waals surface area contributed by atoms with E-state index in [0.717, 1.165) is 32.0 Å². The number of nitrogens with zero attached hydrogens (tertiary/aromatic N) is 4. The molecule has 0 amide bonds. The molecular weight excluding hydrogens is 298 g/mol. The summed E-state index contributed by atoms with van der Waals surface area (Å²) in [5.41, 5.74) is 2.56. The van der Waals surface area contributed by atoms with Gasteiger partial charge < -0.3 is 14.8 Å². The molecule has 0 aliphatic carbocycles. The second kappa shape index (κ2) is 7.51. The molecule has 2 unspecified atom stereocenters. The average molecular weight is 325 g/mol. The molecule has 3 rings (SSSR count). The van der Waals surface area contributed by atoms with Crippen LogP contribution in [0.15, 0.2) is 48.0 Å². The number of aromatic nitrogens is 2. The number of guanidine groups is 1. The van der Waals surface area contributed by atoms with E-state index in [2.05, 4.69) is 69.1 Å². The maximum absolute atomic E-state index is 4.49. The van der Waals surface area contributed by atoms with Crippen LogP contribution in [0.4, 0.5) is 0 Å². The van der Waals surface area contributed by atoms with Crippen molar-refractivity contribution in [2.24, 2.45) is 10.9 Å². The van der Waals surface area contributed by atoms with Crippen molar-refractivity contribution in [3.8, 4) is 0 Å². The second-order valence-electron chi connectivity index (χ2n) is 6.68. The smallest absolute Gasteiger partial charge is 0.193 e. The molecule has 0 spiro atoms. The van der Waals surface area contributed by atoms with Crippen molar-refractivity contribution >= 4 is 5.96 Å². The molecule has 2 atom stereocenters. The van der Waals surface area contributed by atoms with Crippen LogP contribution in [0.1, 0.15) is 30.5 Å². The van der Waals surface area contributed by atoms with Crippen LogP contribution in [-0.4, -0.2) is 40.5 Å². The van der Waals surface area contributed by atoms with Gasteiger partial charge in [-0.2, -0.15) is 0 Å². The molecule has 1 aliphatic heterocycles. The van der Waals surface area contributed by atoms with Gasteiger partial charge in [-0.15, -0.1) is 0 Å². The number of aryl methyl sites for hydroxylation is 1. The Balaban J connectivity index is 1.64. The Labute approximate surface area is 144 Å². The van der Waals surface area contributed by atoms with E-state index in [-0.39, 0.29) is 0 Å². The van der Waals surface area contributed by atoms with E-state index in [0.29, 0.717) is 12.0 Å². The first kappa shape index (κ1) is 16.6. The molecule has 2 aromatic rings. The largest absolute Gasteiger partial charge is 0.352 e. The van der Waals surface area contributed by atoms with Gasteiger partial charge in [0.25, 0.3) is 0 Å². The van der Waals surface area contributed by atoms with Crippen LogP contribution < -0.4 is 5.32 Å². The number of hydrogen-bond acceptors (Lipinski definition) is 2. The molecule has 1 aliphatic rings. The molecule has 0 saturated carbocycles. The normalized spacial score (nSPS) is 21.8. The van der Waals surface area contributed by atoms with Gasteiger partial charge in [0.15, 0.2) is 5.96 Å². The summed E-state index contributed by atoms with van der Waals surface area (Å²) >= 11 is 0. The second-order valence-corrected chi connectivity index (χ2v) is 6.68. The Morgan fingerprint density at radius 3 is 2.79 bits per heavy atom. The number of rotatable bonds is 3. The number of piperidine rings is 1. The van der Waals surface area contributed by atoms with Gasteiger partial charge in [-0.1, -0.05) is 36.8 Å². The highest BCUT2D eigenvalue weighted by atomic mass is 15.3. The zero-order chi connectivity index (χ0) is 16.9. The van der Waals surface area contributed by atoms with Gasteiger partial charge in [0.1, 0.15) is 0 Å². The summed E-state index contributed by atoms with van der Waals surface area (Å²) in [5.74, 6) is 1.62. The summed E-state index contributed by atoms with van der Waals surface area (Å²) in [6, 6.07) is 9.08. The molecule has 24 heavy (non-hydrogen) atoms. The van der Waals surface area contributed by atoms with Crippen molar-refractivity contribution in [1.82, 2.24) is 19.8 Å². The topological polar surface area (TPSA) is 45.5 Å². The average Bonchev–Trinajstić information content (AvgIpc) is 3.12. The third-order valence-electron chi connectivity index (χ3n) is 4.91. The van der Waals surface area contributed by atoms with Crippen LogP contribution in [0.2, 0.25) is 0 Å². The third-order valence-corrected chi connectivity index (χ3v) is 4.91. The van der Waals surface area contributed by atoms with Crippen molar-refractivity contribution in [2.45, 2.75) is 32.9 Å². The van der Waals surface area contributed by atoms with Crippen LogP contribution >= 0.6 is 0 Å². The molecule has 128 valence electrons. The van der Waals surface area contributed by atoms with Crippen LogP contribution in [0.3, 0.4) is 0 Å². The van der Waals surface area contributed by atoms with Crippen molar-refractivity contribution in [1.29, 1.82) is 0 Å². The number of aliphatic imine (C=N–C) groups is 1. The molecule has 0 bridgehead atoms. The van der Waals surface area contributed by atoms with Gasteiger partial charge in [0, 0.05) is 39.1 Å². The van der Waals surface area contributed by atoms with Crippen LogP contribution in [0.5, 0.6) is 0 Å². The van der Waals surface area contributed by atoms with Crippen molar-refractivity contribution < 1.29 is 0 Å². The highest BCUT2D eigenvalue weighted by molar-refractivity contribution is 5.80. The van der Waals surface area contributed by atoms with Crippen molar-refractivity contribution in [3.05, 3.63) is 54.1 Å². The molecule has 1 saturated heterocycles. The molecule has 1 N–H and O–H groups in total. The minimum atomic E-state index is 0.444. The quantitative estimate of drug-likeness (QED) is 0.697. The molecule has 1 aromatic heterocycles. The Morgan fingerprint density at radius 1 is 1.33 bits per heavy atom. The van der Waals surface area contributed by atoms with E-state index in [4.69, 9.17) is 0 Å². The maximum Gasteiger partial charge on any atom is 0.193 e. The fourth-order valence-corrected chi connectivity index (χ4v) is 3.31. The van der Waals surface area contributed by atoms with Gasteiger partial charge in [-0.05, 0) is 24.8 Å². The highest BCUT2D eigenvalue weighted by Crippen LogP contribution is 2.27. The molecular formula is C19H27N5. The van der Waals surface area contributed by atoms with Crippen LogP contribution in [0, 0.1) is 12.8 Å². The molecule has 2 heterocycles. The summed E-state index contributed by atoms with van der Waals surface area (Å²) in [5, 5.41) is 3.51. The van der Waals surface area contributed by atoms with Crippen LogP contribution in [-0.2, 0) is 6.54 Å². The summed E-state index contributed by atoms with van der Waals surface area (Å²) < 4.78 is 2.23. The third kappa shape index (κ3) is 3.78. The van der Waals surface area contributed by atoms with Crippen LogP contribution in [0.25, 0.3) is 0 Å². The molecule has 1 aromatic carbocycles. The lowest BCUT2D eigenvalue weighted by molar-refractivity contribution is 0.189. The monoisotopic (exact) mass is 325 g/mol. The highest BCUT2D eigenvalue weighted by Gasteiger charge is 2.28. The van der Waals surface area contributed by atoms with E-state index in [9.17, 15) is 0 Å². The molecule has 1 fully saturated rings. The number of imidazole rings is 1. The number of benzene rings is 1. The molecule has 5 heteroatoms. The SMILES string of the molecule is CN=C(NCc1ccc(C)cc1)N1CCC(C)C(n2ccnc2)C1. The minimum absolute atomic E-state index is 0.444. The van der Waals surface area contributed by atoms with E-state index in [1.807, 2.05) is 19.6 Å². The van der Waals surface area contributed by atoms with Gasteiger partial charge >= 0.3 is 0 Å². The Kier molecular flexibility index (Phi) is 5.18. The van der Waals surface area contributed by atoms with E-state index in [1.54, 1.807) is 0 Å². The number of likely N-dealkylation sites (tertiary alicyclic amines) is 1. The number of nitrogens with one attached hydrogen (secondary N) is 1. The molecule has 5 nitrogen and oxygen atoms in total. The van der Waals surface area contributed by atoms with Crippen molar-refractivity contribution in [2.75, 3.05) is 20.1 Å². The van der Waals surface area contributed by atoms with Crippen molar-refractivity contribution in [3.63, 3.8) is 0 Å². The summed E-state index contributed by atoms with van der Waals surface area (Å²) in [6.45, 7) is 7.24. The minimum Gasteiger partial charge on any atom is -0.352 e. The van der Waals surface area contributed by atoms with E-state index in [1.165, 1.54) is 11.1 Å². The van der Waals surface area contributed by atoms with Gasteiger partial charge in [-0.25, -0.2) is 4.98 Å². The summed E-state index contributed by atoms with van der Waals surface area (Å²) in [6.07, 6.45) is 7.00. The predicted molar refractivity (Wildman–Crippen MR) is 98.0 cm³/mol. The van der Waals surface area contributed by atoms with Gasteiger partial charge in [-0.3, -0.25) is 4.99 Å². The summed E-state index contributed by atoms with van der Waals surface area (Å²) in [7, 11) is 1.86. The Morgan fingerprint density at radius 2 is 2.12 bits per heavy atom. The summed E-state index contributed by atoms with van der Waals surface area (Å²) in [4.78, 5) is 11.1. The Hall–Kier alpha value is -2.30. The van der Waals surface area contributed by atoms with Gasteiger partial charge in [0.05, 0.1) is 12.4 Å². The lowest BCUT2D eigenvalue weighted by Gasteiger charge is -2.39. The number of hydrogen-bond donors (Lipinski definition) is 1. The standard InChI is InChI=1S/C19H27N5/c1-15-4-6-17(7-5-15)12-22-19(20-3)23-10-8-16(2)18(13-23)24-11-9-21-14-24/h4-7,9,11,14,16,18H,8,10,12-13H2,1-3H3,(H,20,22). The predicted octanol–water partition coefficient (Wildman–Crippen LogP) is 2.85. The fourth-order valence-electron chi connectivity index (χ4n) is 3.31. The Bertz CT molecular complexity index is 660. The first-order valence-electron chi connectivity index (χ1n) is 8.66. The molecule has 0 radical (unpaired) electrons. The van der Waals surface area contributed by atoms with Gasteiger partial charge in [0.2, 0.25) is 0 Å².